The molecule has 3 heterocycles. The molecule has 0 radical (unpaired) electrons. The van der Waals surface area contributed by atoms with Crippen LogP contribution in [0, 0.1) is 6.92 Å². The zero-order valence-corrected chi connectivity index (χ0v) is 15.9. The highest BCUT2D eigenvalue weighted by atomic mass is 32.2. The van der Waals surface area contributed by atoms with Gasteiger partial charge in [0.05, 0.1) is 19.4 Å². The number of benzene rings is 1. The largest absolute Gasteiger partial charge is 0.439 e. The van der Waals surface area contributed by atoms with E-state index in [-0.39, 0.29) is 4.90 Å². The Balaban J connectivity index is 1.45. The van der Waals surface area contributed by atoms with Gasteiger partial charge in [0, 0.05) is 31.6 Å². The molecule has 3 aromatic rings. The van der Waals surface area contributed by atoms with E-state index in [9.17, 15) is 8.42 Å². The molecule has 146 valence electrons. The molecular weight excluding hydrogens is 384 g/mol. The molecule has 1 aromatic carbocycles. The fourth-order valence-corrected chi connectivity index (χ4v) is 4.08. The van der Waals surface area contributed by atoms with Gasteiger partial charge in [-0.25, -0.2) is 13.4 Å². The summed E-state index contributed by atoms with van der Waals surface area (Å²) in [7, 11) is -3.57. The lowest BCUT2D eigenvalue weighted by molar-refractivity contribution is 0.0730. The summed E-state index contributed by atoms with van der Waals surface area (Å²) in [5.74, 6) is 1.84. The molecule has 28 heavy (non-hydrogen) atoms. The summed E-state index contributed by atoms with van der Waals surface area (Å²) in [6.07, 6.45) is 1.30. The summed E-state index contributed by atoms with van der Waals surface area (Å²) in [4.78, 5) is 8.42. The number of sulfonamides is 1. The van der Waals surface area contributed by atoms with E-state index in [1.165, 1.54) is 22.6 Å². The maximum absolute atomic E-state index is 12.6. The minimum absolute atomic E-state index is 0.129. The number of aromatic nitrogens is 3. The predicted octanol–water partition coefficient (Wildman–Crippen LogP) is 2.25. The van der Waals surface area contributed by atoms with Crippen LogP contribution in [0.3, 0.4) is 0 Å². The Morgan fingerprint density at radius 3 is 2.43 bits per heavy atom. The topological polar surface area (TPSA) is 108 Å². The van der Waals surface area contributed by atoms with Crippen LogP contribution in [0.2, 0.25) is 0 Å². The van der Waals surface area contributed by atoms with Crippen molar-refractivity contribution in [1.29, 1.82) is 0 Å². The molecule has 10 heteroatoms. The average molecular weight is 402 g/mol. The van der Waals surface area contributed by atoms with E-state index in [1.807, 2.05) is 0 Å². The molecule has 0 aliphatic carbocycles. The molecule has 4 rings (SSSR count). The monoisotopic (exact) mass is 402 g/mol. The van der Waals surface area contributed by atoms with Crippen molar-refractivity contribution in [3.63, 3.8) is 0 Å². The molecule has 0 unspecified atom stereocenters. The minimum atomic E-state index is -3.57. The highest BCUT2D eigenvalue weighted by molar-refractivity contribution is 7.89. The van der Waals surface area contributed by atoms with Crippen LogP contribution in [0.4, 0.5) is 0 Å². The van der Waals surface area contributed by atoms with Crippen LogP contribution in [0.1, 0.15) is 5.89 Å². The van der Waals surface area contributed by atoms with Crippen LogP contribution in [0.15, 0.2) is 52.0 Å². The predicted molar refractivity (Wildman–Crippen MR) is 98.4 cm³/mol. The number of ether oxygens (including phenoxy) is 2. The van der Waals surface area contributed by atoms with E-state index in [1.54, 1.807) is 31.2 Å². The van der Waals surface area contributed by atoms with Gasteiger partial charge in [-0.1, -0.05) is 5.16 Å². The van der Waals surface area contributed by atoms with Crippen molar-refractivity contribution in [1.82, 2.24) is 19.4 Å². The van der Waals surface area contributed by atoms with Gasteiger partial charge in [-0.2, -0.15) is 9.29 Å². The van der Waals surface area contributed by atoms with Gasteiger partial charge in [0.25, 0.3) is 0 Å². The van der Waals surface area contributed by atoms with Crippen molar-refractivity contribution in [3.05, 3.63) is 48.5 Å². The lowest BCUT2D eigenvalue weighted by Crippen LogP contribution is -2.40. The average Bonchev–Trinajstić information content (AvgIpc) is 3.16. The molecule has 1 aliphatic rings. The molecular formula is C18H18N4O5S. The van der Waals surface area contributed by atoms with Gasteiger partial charge < -0.3 is 14.0 Å². The number of morpholine rings is 1. The van der Waals surface area contributed by atoms with Crippen molar-refractivity contribution in [2.75, 3.05) is 26.3 Å². The SMILES string of the molecule is Cc1nc(-c2ccc(Oc3ccc(S(=O)(=O)N4CCOCC4)cn3)cc2)no1. The number of pyridine rings is 1. The summed E-state index contributed by atoms with van der Waals surface area (Å²) in [6, 6.07) is 10.1. The first-order valence-corrected chi connectivity index (χ1v) is 10.1. The molecule has 0 spiro atoms. The van der Waals surface area contributed by atoms with Gasteiger partial charge in [0.15, 0.2) is 0 Å². The molecule has 0 atom stereocenters. The molecule has 0 bridgehead atoms. The van der Waals surface area contributed by atoms with Gasteiger partial charge in [0.2, 0.25) is 27.6 Å². The van der Waals surface area contributed by atoms with Crippen molar-refractivity contribution in [3.8, 4) is 23.0 Å². The zero-order chi connectivity index (χ0) is 19.6. The second kappa shape index (κ2) is 7.66. The number of nitrogens with zero attached hydrogens (tertiary/aromatic N) is 4. The van der Waals surface area contributed by atoms with Crippen LogP contribution in [-0.2, 0) is 14.8 Å². The van der Waals surface area contributed by atoms with Gasteiger partial charge in [0.1, 0.15) is 10.6 Å². The van der Waals surface area contributed by atoms with Crippen molar-refractivity contribution in [2.45, 2.75) is 11.8 Å². The zero-order valence-electron chi connectivity index (χ0n) is 15.1. The van der Waals surface area contributed by atoms with Gasteiger partial charge in [-0.05, 0) is 30.3 Å². The molecule has 1 saturated heterocycles. The summed E-state index contributed by atoms with van der Waals surface area (Å²) in [5, 5.41) is 3.86. The number of rotatable bonds is 5. The standard InChI is InChI=1S/C18H18N4O5S/c1-13-20-18(21-27-13)14-2-4-15(5-3-14)26-17-7-6-16(12-19-17)28(23,24)22-8-10-25-11-9-22/h2-7,12H,8-11H2,1H3. The third-order valence-electron chi connectivity index (χ3n) is 4.18. The molecule has 0 saturated carbocycles. The molecule has 9 nitrogen and oxygen atoms in total. The first-order valence-electron chi connectivity index (χ1n) is 8.65. The first-order chi connectivity index (χ1) is 13.5. The van der Waals surface area contributed by atoms with E-state index in [2.05, 4.69) is 15.1 Å². The Morgan fingerprint density at radius 1 is 1.07 bits per heavy atom. The van der Waals surface area contributed by atoms with Gasteiger partial charge in [-0.15, -0.1) is 0 Å². The fraction of sp³-hybridized carbons (Fsp3) is 0.278. The Bertz CT molecular complexity index is 1040. The minimum Gasteiger partial charge on any atom is -0.439 e. The summed E-state index contributed by atoms with van der Waals surface area (Å²) in [5.41, 5.74) is 0.795. The highest BCUT2D eigenvalue weighted by Gasteiger charge is 2.26. The lowest BCUT2D eigenvalue weighted by Gasteiger charge is -2.25. The Morgan fingerprint density at radius 2 is 1.82 bits per heavy atom. The third-order valence-corrected chi connectivity index (χ3v) is 6.06. The number of hydrogen-bond donors (Lipinski definition) is 0. The Labute approximate surface area is 162 Å². The summed E-state index contributed by atoms with van der Waals surface area (Å²) < 4.78 is 42.4. The van der Waals surface area contributed by atoms with E-state index >= 15 is 0 Å². The second-order valence-corrected chi connectivity index (χ2v) is 8.05. The number of aryl methyl sites for hydroxylation is 1. The van der Waals surface area contributed by atoms with E-state index in [0.29, 0.717) is 49.6 Å². The third kappa shape index (κ3) is 3.88. The summed E-state index contributed by atoms with van der Waals surface area (Å²) in [6.45, 7) is 3.20. The molecule has 1 fully saturated rings. The van der Waals surface area contributed by atoms with E-state index in [4.69, 9.17) is 14.0 Å². The molecule has 2 aromatic heterocycles. The normalized spacial score (nSPS) is 15.5. The highest BCUT2D eigenvalue weighted by Crippen LogP contribution is 2.25. The van der Waals surface area contributed by atoms with Crippen LogP contribution >= 0.6 is 0 Å². The number of hydrogen-bond acceptors (Lipinski definition) is 8. The van der Waals surface area contributed by atoms with E-state index < -0.39 is 10.0 Å². The van der Waals surface area contributed by atoms with Crippen molar-refractivity contribution < 1.29 is 22.4 Å². The van der Waals surface area contributed by atoms with Crippen LogP contribution in [-0.4, -0.2) is 54.2 Å². The van der Waals surface area contributed by atoms with Gasteiger partial charge in [-0.3, -0.25) is 0 Å². The van der Waals surface area contributed by atoms with Crippen molar-refractivity contribution in [2.24, 2.45) is 0 Å². The van der Waals surface area contributed by atoms with E-state index in [0.717, 1.165) is 5.56 Å². The van der Waals surface area contributed by atoms with Gasteiger partial charge >= 0.3 is 0 Å². The molecule has 0 amide bonds. The molecule has 1 aliphatic heterocycles. The van der Waals surface area contributed by atoms with Crippen molar-refractivity contribution >= 4 is 10.0 Å². The smallest absolute Gasteiger partial charge is 0.244 e. The summed E-state index contributed by atoms with van der Waals surface area (Å²) >= 11 is 0. The van der Waals surface area contributed by atoms with Crippen LogP contribution < -0.4 is 4.74 Å². The quantitative estimate of drug-likeness (QED) is 0.639. The maximum Gasteiger partial charge on any atom is 0.244 e. The van der Waals surface area contributed by atoms with Crippen LogP contribution in [0.25, 0.3) is 11.4 Å². The first kappa shape index (κ1) is 18.5. The maximum atomic E-state index is 12.6. The lowest BCUT2D eigenvalue weighted by atomic mass is 10.2. The Kier molecular flexibility index (Phi) is 5.07. The Hall–Kier alpha value is -2.82. The molecule has 0 N–H and O–H groups in total. The fourth-order valence-electron chi connectivity index (χ4n) is 2.73. The van der Waals surface area contributed by atoms with Crippen LogP contribution in [0.5, 0.6) is 11.6 Å². The second-order valence-electron chi connectivity index (χ2n) is 6.11.